The van der Waals surface area contributed by atoms with Gasteiger partial charge in [0.1, 0.15) is 0 Å². The van der Waals surface area contributed by atoms with Gasteiger partial charge in [-0.2, -0.15) is 5.10 Å². The molecule has 3 rings (SSSR count). The van der Waals surface area contributed by atoms with Crippen LogP contribution in [0.15, 0.2) is 42.7 Å². The number of carbonyl (C=O) groups excluding carboxylic acids is 2. The highest BCUT2D eigenvalue weighted by molar-refractivity contribution is 5.86. The number of aromatic nitrogens is 2. The van der Waals surface area contributed by atoms with Gasteiger partial charge >= 0.3 is 0 Å². The Morgan fingerprint density at radius 3 is 2.71 bits per heavy atom. The van der Waals surface area contributed by atoms with Gasteiger partial charge in [-0.25, -0.2) is 0 Å². The van der Waals surface area contributed by atoms with E-state index in [1.165, 1.54) is 5.56 Å². The molecule has 1 aliphatic rings. The molecule has 1 aliphatic carbocycles. The summed E-state index contributed by atoms with van der Waals surface area (Å²) in [4.78, 5) is 25.3. The molecule has 0 bridgehead atoms. The number of rotatable bonds is 7. The molecule has 1 aromatic carbocycles. The Morgan fingerprint density at radius 2 is 2.00 bits per heavy atom. The third kappa shape index (κ3) is 4.44. The van der Waals surface area contributed by atoms with Gasteiger partial charge in [0.2, 0.25) is 11.8 Å². The molecule has 0 aliphatic heterocycles. The summed E-state index contributed by atoms with van der Waals surface area (Å²) in [6, 6.07) is 10.1. The van der Waals surface area contributed by atoms with Crippen molar-refractivity contribution >= 4 is 11.8 Å². The highest BCUT2D eigenvalue weighted by Crippen LogP contribution is 2.28. The molecule has 2 amide bonds. The molecule has 1 fully saturated rings. The van der Waals surface area contributed by atoms with Gasteiger partial charge in [-0.15, -0.1) is 0 Å². The summed E-state index contributed by atoms with van der Waals surface area (Å²) in [6.07, 6.45) is 5.60. The SMILES string of the molecule is CN(Cc1cnn(Cc2ccccc2)c1)C(=O)CNC(=O)C1CC1. The number of carbonyl (C=O) groups is 2. The Morgan fingerprint density at radius 1 is 1.25 bits per heavy atom. The Hall–Kier alpha value is -2.63. The van der Waals surface area contributed by atoms with Crippen LogP contribution in [-0.4, -0.2) is 40.1 Å². The van der Waals surface area contributed by atoms with E-state index in [-0.39, 0.29) is 24.3 Å². The van der Waals surface area contributed by atoms with Crippen molar-refractivity contribution < 1.29 is 9.59 Å². The van der Waals surface area contributed by atoms with Crippen molar-refractivity contribution in [2.24, 2.45) is 5.92 Å². The Bertz CT molecular complexity index is 707. The van der Waals surface area contributed by atoms with E-state index in [4.69, 9.17) is 0 Å². The van der Waals surface area contributed by atoms with Gasteiger partial charge in [0.05, 0.1) is 19.3 Å². The van der Waals surface area contributed by atoms with Gasteiger partial charge in [0.15, 0.2) is 0 Å². The molecule has 0 unspecified atom stereocenters. The van der Waals surface area contributed by atoms with Crippen LogP contribution in [-0.2, 0) is 22.7 Å². The van der Waals surface area contributed by atoms with Crippen LogP contribution in [0.3, 0.4) is 0 Å². The predicted octanol–water partition coefficient (Wildman–Crippen LogP) is 1.42. The Balaban J connectivity index is 1.48. The first-order valence-corrected chi connectivity index (χ1v) is 8.19. The first-order valence-electron chi connectivity index (χ1n) is 8.19. The van der Waals surface area contributed by atoms with Gasteiger partial charge in [0.25, 0.3) is 0 Å². The average Bonchev–Trinajstić information content (AvgIpc) is 3.35. The molecule has 1 N–H and O–H groups in total. The van der Waals surface area contributed by atoms with Crippen molar-refractivity contribution in [1.29, 1.82) is 0 Å². The molecule has 1 saturated carbocycles. The fourth-order valence-electron chi connectivity index (χ4n) is 2.49. The summed E-state index contributed by atoms with van der Waals surface area (Å²) in [5, 5.41) is 7.04. The van der Waals surface area contributed by atoms with Gasteiger partial charge in [-0.3, -0.25) is 14.3 Å². The average molecular weight is 326 g/mol. The first kappa shape index (κ1) is 16.2. The first-order chi connectivity index (χ1) is 11.6. The van der Waals surface area contributed by atoms with E-state index in [0.717, 1.165) is 18.4 Å². The molecular weight excluding hydrogens is 304 g/mol. The summed E-state index contributed by atoms with van der Waals surface area (Å²) < 4.78 is 1.86. The maximum atomic E-state index is 12.1. The topological polar surface area (TPSA) is 67.2 Å². The molecule has 1 aromatic heterocycles. The number of amides is 2. The van der Waals surface area contributed by atoms with Crippen molar-refractivity contribution in [2.75, 3.05) is 13.6 Å². The van der Waals surface area contributed by atoms with Crippen molar-refractivity contribution in [3.8, 4) is 0 Å². The molecule has 24 heavy (non-hydrogen) atoms. The van der Waals surface area contributed by atoms with Crippen molar-refractivity contribution in [3.05, 3.63) is 53.9 Å². The van der Waals surface area contributed by atoms with E-state index in [0.29, 0.717) is 13.1 Å². The van der Waals surface area contributed by atoms with E-state index in [9.17, 15) is 9.59 Å². The molecule has 0 atom stereocenters. The van der Waals surface area contributed by atoms with Crippen LogP contribution in [0.25, 0.3) is 0 Å². The molecule has 1 heterocycles. The van der Waals surface area contributed by atoms with Gasteiger partial charge in [0, 0.05) is 31.3 Å². The maximum Gasteiger partial charge on any atom is 0.242 e. The zero-order chi connectivity index (χ0) is 16.9. The van der Waals surface area contributed by atoms with Gasteiger partial charge in [-0.1, -0.05) is 30.3 Å². The highest BCUT2D eigenvalue weighted by atomic mass is 16.2. The minimum atomic E-state index is -0.0974. The maximum absolute atomic E-state index is 12.1. The molecule has 6 heteroatoms. The van der Waals surface area contributed by atoms with Crippen LogP contribution >= 0.6 is 0 Å². The van der Waals surface area contributed by atoms with Crippen molar-refractivity contribution in [3.63, 3.8) is 0 Å². The minimum absolute atomic E-state index is 0.00701. The Labute approximate surface area is 141 Å². The molecule has 126 valence electrons. The van der Waals surface area contributed by atoms with Crippen LogP contribution in [0, 0.1) is 5.92 Å². The van der Waals surface area contributed by atoms with Crippen molar-refractivity contribution in [1.82, 2.24) is 20.0 Å². The number of nitrogens with one attached hydrogen (secondary N) is 1. The normalized spacial score (nSPS) is 13.5. The van der Waals surface area contributed by atoms with Gasteiger partial charge < -0.3 is 10.2 Å². The van der Waals surface area contributed by atoms with E-state index in [1.807, 2.05) is 29.1 Å². The zero-order valence-electron chi connectivity index (χ0n) is 13.8. The highest BCUT2D eigenvalue weighted by Gasteiger charge is 2.29. The third-order valence-electron chi connectivity index (χ3n) is 4.08. The van der Waals surface area contributed by atoms with Crippen LogP contribution in [0.2, 0.25) is 0 Å². The number of likely N-dealkylation sites (N-methyl/N-ethyl adjacent to an activating group) is 1. The fourth-order valence-corrected chi connectivity index (χ4v) is 2.49. The fraction of sp³-hybridized carbons (Fsp3) is 0.389. The summed E-state index contributed by atoms with van der Waals surface area (Å²) in [6.45, 7) is 1.24. The summed E-state index contributed by atoms with van der Waals surface area (Å²) >= 11 is 0. The van der Waals surface area contributed by atoms with E-state index in [1.54, 1.807) is 18.1 Å². The van der Waals surface area contributed by atoms with Crippen LogP contribution in [0.4, 0.5) is 0 Å². The summed E-state index contributed by atoms with van der Waals surface area (Å²) in [5.74, 6) is 0.0200. The lowest BCUT2D eigenvalue weighted by atomic mass is 10.2. The standard InChI is InChI=1S/C18H22N4O2/c1-21(17(23)10-19-18(24)16-7-8-16)11-15-9-20-22(13-15)12-14-5-3-2-4-6-14/h2-6,9,13,16H,7-8,10-12H2,1H3,(H,19,24). The lowest BCUT2D eigenvalue weighted by Crippen LogP contribution is -2.38. The van der Waals surface area contributed by atoms with E-state index in [2.05, 4.69) is 22.5 Å². The second-order valence-electron chi connectivity index (χ2n) is 6.27. The number of benzene rings is 1. The molecule has 0 saturated heterocycles. The van der Waals surface area contributed by atoms with E-state index < -0.39 is 0 Å². The quantitative estimate of drug-likeness (QED) is 0.837. The minimum Gasteiger partial charge on any atom is -0.347 e. The molecule has 2 aromatic rings. The zero-order valence-corrected chi connectivity index (χ0v) is 13.8. The Kier molecular flexibility index (Phi) is 4.93. The second-order valence-corrected chi connectivity index (χ2v) is 6.27. The summed E-state index contributed by atoms with van der Waals surface area (Å²) in [5.41, 5.74) is 2.15. The molecular formula is C18H22N4O2. The molecule has 0 spiro atoms. The van der Waals surface area contributed by atoms with E-state index >= 15 is 0 Å². The third-order valence-corrected chi connectivity index (χ3v) is 4.08. The molecule has 6 nitrogen and oxygen atoms in total. The van der Waals surface area contributed by atoms with Gasteiger partial charge in [-0.05, 0) is 18.4 Å². The number of hydrogen-bond acceptors (Lipinski definition) is 3. The van der Waals surface area contributed by atoms with Crippen LogP contribution in [0.5, 0.6) is 0 Å². The molecule has 0 radical (unpaired) electrons. The van der Waals surface area contributed by atoms with Crippen molar-refractivity contribution in [2.45, 2.75) is 25.9 Å². The van der Waals surface area contributed by atoms with Crippen LogP contribution in [0.1, 0.15) is 24.0 Å². The lowest BCUT2D eigenvalue weighted by molar-refractivity contribution is -0.132. The number of nitrogens with zero attached hydrogens (tertiary/aromatic N) is 3. The largest absolute Gasteiger partial charge is 0.347 e. The lowest BCUT2D eigenvalue weighted by Gasteiger charge is -2.16. The summed E-state index contributed by atoms with van der Waals surface area (Å²) in [7, 11) is 1.74. The number of hydrogen-bond donors (Lipinski definition) is 1. The monoisotopic (exact) mass is 326 g/mol. The smallest absolute Gasteiger partial charge is 0.242 e. The predicted molar refractivity (Wildman–Crippen MR) is 90.0 cm³/mol. The van der Waals surface area contributed by atoms with Crippen LogP contribution < -0.4 is 5.32 Å². The second kappa shape index (κ2) is 7.29.